The third kappa shape index (κ3) is 5.57. The van der Waals surface area contributed by atoms with Gasteiger partial charge in [-0.1, -0.05) is 37.3 Å². The highest BCUT2D eigenvalue weighted by Crippen LogP contribution is 2.18. The molecule has 0 aliphatic carbocycles. The van der Waals surface area contributed by atoms with Gasteiger partial charge >= 0.3 is 5.97 Å². The fourth-order valence-electron chi connectivity index (χ4n) is 2.57. The number of anilines is 1. The van der Waals surface area contributed by atoms with E-state index in [1.54, 1.807) is 24.3 Å². The van der Waals surface area contributed by atoms with Crippen LogP contribution in [0.1, 0.15) is 22.8 Å². The first-order chi connectivity index (χ1) is 13.5. The Labute approximate surface area is 164 Å². The van der Waals surface area contributed by atoms with Gasteiger partial charge in [0.15, 0.2) is 6.61 Å². The molecule has 2 rings (SSSR count). The first-order valence-corrected chi connectivity index (χ1v) is 8.88. The van der Waals surface area contributed by atoms with E-state index < -0.39 is 18.5 Å². The second-order valence-corrected chi connectivity index (χ2v) is 6.09. The molecule has 0 spiro atoms. The number of likely N-dealkylation sites (N-methyl/N-ethyl adjacent to an activating group) is 1. The summed E-state index contributed by atoms with van der Waals surface area (Å²) >= 11 is 0. The number of ether oxygens (including phenoxy) is 2. The summed E-state index contributed by atoms with van der Waals surface area (Å²) in [4.78, 5) is 37.7. The number of nitrogens with one attached hydrogen (secondary N) is 1. The van der Waals surface area contributed by atoms with Gasteiger partial charge in [-0.2, -0.15) is 0 Å². The fourth-order valence-corrected chi connectivity index (χ4v) is 2.57. The zero-order chi connectivity index (χ0) is 20.5. The largest absolute Gasteiger partial charge is 0.496 e. The van der Waals surface area contributed by atoms with E-state index in [2.05, 4.69) is 5.32 Å². The van der Waals surface area contributed by atoms with Crippen molar-refractivity contribution < 1.29 is 23.9 Å². The Morgan fingerprint density at radius 2 is 1.71 bits per heavy atom. The minimum absolute atomic E-state index is 0.150. The molecule has 0 bridgehead atoms. The molecule has 1 N–H and O–H groups in total. The monoisotopic (exact) mass is 384 g/mol. The van der Waals surface area contributed by atoms with Crippen molar-refractivity contribution in [1.29, 1.82) is 0 Å². The van der Waals surface area contributed by atoms with Gasteiger partial charge in [-0.25, -0.2) is 4.79 Å². The number of carbonyl (C=O) groups excluding carboxylic acids is 3. The summed E-state index contributed by atoms with van der Waals surface area (Å²) in [5.74, 6) is -1.11. The Morgan fingerprint density at radius 1 is 1.04 bits per heavy atom. The van der Waals surface area contributed by atoms with E-state index in [1.807, 2.05) is 31.2 Å². The highest BCUT2D eigenvalue weighted by molar-refractivity contribution is 5.96. The Balaban J connectivity index is 1.87. The molecule has 0 fully saturated rings. The van der Waals surface area contributed by atoms with Gasteiger partial charge in [0.25, 0.3) is 5.91 Å². The topological polar surface area (TPSA) is 84.9 Å². The van der Waals surface area contributed by atoms with E-state index >= 15 is 0 Å². The number of esters is 1. The van der Waals surface area contributed by atoms with Crippen LogP contribution in [-0.2, 0) is 20.7 Å². The number of hydrogen-bond acceptors (Lipinski definition) is 5. The summed E-state index contributed by atoms with van der Waals surface area (Å²) in [7, 11) is 2.92. The molecular weight excluding hydrogens is 360 g/mol. The van der Waals surface area contributed by atoms with Crippen molar-refractivity contribution in [2.75, 3.05) is 32.6 Å². The molecule has 2 amide bonds. The lowest BCUT2D eigenvalue weighted by Crippen LogP contribution is -2.37. The van der Waals surface area contributed by atoms with Crippen molar-refractivity contribution in [2.45, 2.75) is 13.3 Å². The number of methoxy groups -OCH3 is 1. The van der Waals surface area contributed by atoms with Gasteiger partial charge < -0.3 is 19.7 Å². The van der Waals surface area contributed by atoms with Crippen LogP contribution in [0.15, 0.2) is 48.5 Å². The first kappa shape index (κ1) is 21.0. The van der Waals surface area contributed by atoms with Crippen LogP contribution in [0.25, 0.3) is 0 Å². The van der Waals surface area contributed by atoms with Crippen LogP contribution in [-0.4, -0.2) is 50.0 Å². The quantitative estimate of drug-likeness (QED) is 0.707. The maximum Gasteiger partial charge on any atom is 0.342 e. The molecule has 148 valence electrons. The third-order valence-corrected chi connectivity index (χ3v) is 4.13. The van der Waals surface area contributed by atoms with E-state index in [0.717, 1.165) is 17.7 Å². The SMILES string of the molecule is CCc1ccccc1NC(=O)CN(C)C(=O)COC(=O)c1ccccc1OC. The second kappa shape index (κ2) is 10.1. The fraction of sp³-hybridized carbons (Fsp3) is 0.286. The molecule has 2 aromatic rings. The van der Waals surface area contributed by atoms with E-state index in [0.29, 0.717) is 5.75 Å². The molecule has 0 radical (unpaired) electrons. The van der Waals surface area contributed by atoms with Gasteiger partial charge in [0.05, 0.1) is 13.7 Å². The van der Waals surface area contributed by atoms with Crippen molar-refractivity contribution in [3.63, 3.8) is 0 Å². The molecule has 0 saturated carbocycles. The second-order valence-electron chi connectivity index (χ2n) is 6.09. The van der Waals surface area contributed by atoms with Gasteiger partial charge in [0.1, 0.15) is 11.3 Å². The van der Waals surface area contributed by atoms with Crippen LogP contribution in [0.4, 0.5) is 5.69 Å². The lowest BCUT2D eigenvalue weighted by molar-refractivity contribution is -0.136. The number of rotatable bonds is 8. The Morgan fingerprint density at radius 3 is 2.43 bits per heavy atom. The summed E-state index contributed by atoms with van der Waals surface area (Å²) in [5.41, 5.74) is 1.96. The van der Waals surface area contributed by atoms with Crippen LogP contribution in [0.3, 0.4) is 0 Å². The molecule has 0 aliphatic rings. The van der Waals surface area contributed by atoms with Crippen LogP contribution < -0.4 is 10.1 Å². The van der Waals surface area contributed by atoms with Gasteiger partial charge in [-0.3, -0.25) is 9.59 Å². The molecule has 7 nitrogen and oxygen atoms in total. The van der Waals surface area contributed by atoms with E-state index in [-0.39, 0.29) is 18.0 Å². The summed E-state index contributed by atoms with van der Waals surface area (Å²) in [6.45, 7) is 1.38. The Kier molecular flexibility index (Phi) is 7.56. The minimum Gasteiger partial charge on any atom is -0.496 e. The molecule has 2 aromatic carbocycles. The number of hydrogen-bond donors (Lipinski definition) is 1. The van der Waals surface area contributed by atoms with Crippen molar-refractivity contribution in [2.24, 2.45) is 0 Å². The maximum atomic E-state index is 12.2. The number of benzene rings is 2. The summed E-state index contributed by atoms with van der Waals surface area (Å²) in [6, 6.07) is 14.1. The third-order valence-electron chi connectivity index (χ3n) is 4.13. The molecule has 28 heavy (non-hydrogen) atoms. The number of para-hydroxylation sites is 2. The number of amides is 2. The lowest BCUT2D eigenvalue weighted by Gasteiger charge is -2.17. The molecule has 0 heterocycles. The van der Waals surface area contributed by atoms with Gasteiger partial charge in [0.2, 0.25) is 5.91 Å². The average molecular weight is 384 g/mol. The first-order valence-electron chi connectivity index (χ1n) is 8.88. The van der Waals surface area contributed by atoms with Crippen LogP contribution in [0.5, 0.6) is 5.75 Å². The van der Waals surface area contributed by atoms with Crippen LogP contribution >= 0.6 is 0 Å². The summed E-state index contributed by atoms with van der Waals surface area (Å²) in [5, 5.41) is 2.80. The molecule has 7 heteroatoms. The zero-order valence-electron chi connectivity index (χ0n) is 16.2. The molecule has 0 aromatic heterocycles. The highest BCUT2D eigenvalue weighted by Gasteiger charge is 2.18. The number of nitrogens with zero attached hydrogens (tertiary/aromatic N) is 1. The number of carbonyl (C=O) groups is 3. The van der Waals surface area contributed by atoms with Crippen molar-refractivity contribution in [3.8, 4) is 5.75 Å². The summed E-state index contributed by atoms with van der Waals surface area (Å²) in [6.07, 6.45) is 0.782. The van der Waals surface area contributed by atoms with Crippen LogP contribution in [0, 0.1) is 0 Å². The van der Waals surface area contributed by atoms with Crippen molar-refractivity contribution in [1.82, 2.24) is 4.90 Å². The molecule has 0 aliphatic heterocycles. The van der Waals surface area contributed by atoms with E-state index in [9.17, 15) is 14.4 Å². The van der Waals surface area contributed by atoms with Crippen molar-refractivity contribution in [3.05, 3.63) is 59.7 Å². The smallest absolute Gasteiger partial charge is 0.342 e. The van der Waals surface area contributed by atoms with Gasteiger partial charge in [-0.15, -0.1) is 0 Å². The molecular formula is C21H24N2O5. The van der Waals surface area contributed by atoms with Crippen molar-refractivity contribution >= 4 is 23.5 Å². The van der Waals surface area contributed by atoms with E-state index in [4.69, 9.17) is 9.47 Å². The lowest BCUT2D eigenvalue weighted by atomic mass is 10.1. The Hall–Kier alpha value is -3.35. The zero-order valence-corrected chi connectivity index (χ0v) is 16.2. The normalized spacial score (nSPS) is 10.1. The standard InChI is InChI=1S/C21H24N2O5/c1-4-15-9-5-7-11-17(15)22-19(24)13-23(2)20(25)14-28-21(26)16-10-6-8-12-18(16)27-3/h5-12H,4,13-14H2,1-3H3,(H,22,24). The van der Waals surface area contributed by atoms with Gasteiger partial charge in [-0.05, 0) is 30.2 Å². The van der Waals surface area contributed by atoms with Gasteiger partial charge in [0, 0.05) is 12.7 Å². The predicted molar refractivity (Wildman–Crippen MR) is 105 cm³/mol. The molecule has 0 unspecified atom stereocenters. The maximum absolute atomic E-state index is 12.2. The summed E-state index contributed by atoms with van der Waals surface area (Å²) < 4.78 is 10.1. The minimum atomic E-state index is -0.666. The molecule has 0 atom stereocenters. The predicted octanol–water partition coefficient (Wildman–Crippen LogP) is 2.51. The number of aryl methyl sites for hydroxylation is 1. The van der Waals surface area contributed by atoms with Crippen LogP contribution in [0.2, 0.25) is 0 Å². The molecule has 0 saturated heterocycles. The Bertz CT molecular complexity index is 850. The highest BCUT2D eigenvalue weighted by atomic mass is 16.5. The average Bonchev–Trinajstić information content (AvgIpc) is 2.71. The van der Waals surface area contributed by atoms with E-state index in [1.165, 1.54) is 19.1 Å².